The fourth-order valence-electron chi connectivity index (χ4n) is 0.642. The highest BCUT2D eigenvalue weighted by Crippen LogP contribution is 2.08. The van der Waals surface area contributed by atoms with Crippen LogP contribution in [-0.2, 0) is 16.1 Å². The summed E-state index contributed by atoms with van der Waals surface area (Å²) in [6, 6.07) is 0. The second-order valence-electron chi connectivity index (χ2n) is 2.05. The summed E-state index contributed by atoms with van der Waals surface area (Å²) in [6.07, 6.45) is 0.250. The molecule has 6 nitrogen and oxygen atoms in total. The summed E-state index contributed by atoms with van der Waals surface area (Å²) < 4.78 is 0. The molecule has 0 unspecified atom stereocenters. The molecule has 0 aromatic carbocycles. The number of carboxylic acids is 1. The molecule has 0 radical (unpaired) electrons. The van der Waals surface area contributed by atoms with Gasteiger partial charge in [0.25, 0.3) is 0 Å². The predicted octanol–water partition coefficient (Wildman–Crippen LogP) is -0.0228. The van der Waals surface area contributed by atoms with Gasteiger partial charge in [-0.3, -0.25) is 0 Å². The van der Waals surface area contributed by atoms with E-state index in [0.717, 1.165) is 5.01 Å². The monoisotopic (exact) mass is 216 g/mol. The Labute approximate surface area is 83.6 Å². The first-order valence-electron chi connectivity index (χ1n) is 3.47. The lowest BCUT2D eigenvalue weighted by Crippen LogP contribution is -2.05. The molecule has 0 saturated carbocycles. The maximum atomic E-state index is 10.3. The van der Waals surface area contributed by atoms with Gasteiger partial charge in [-0.1, -0.05) is 0 Å². The number of hydrogen-bond donors (Lipinski definition) is 2. The maximum Gasteiger partial charge on any atom is 0.373 e. The third-order valence-corrected chi connectivity index (χ3v) is 1.95. The summed E-state index contributed by atoms with van der Waals surface area (Å²) in [5.41, 5.74) is 0.125. The minimum atomic E-state index is -0.969. The Kier molecular flexibility index (Phi) is 6.13. The molecule has 1 aromatic rings. The quantitative estimate of drug-likeness (QED) is 0.736. The van der Waals surface area contributed by atoms with Crippen molar-refractivity contribution >= 4 is 23.5 Å². The maximum absolute atomic E-state index is 10.3. The Morgan fingerprint density at radius 1 is 1.71 bits per heavy atom. The van der Waals surface area contributed by atoms with E-state index in [9.17, 15) is 4.79 Å². The normalized spacial score (nSPS) is 8.36. The van der Waals surface area contributed by atoms with Crippen LogP contribution >= 0.6 is 11.3 Å². The van der Waals surface area contributed by atoms with Crippen LogP contribution in [0.1, 0.15) is 15.5 Å². The third-order valence-electron chi connectivity index (χ3n) is 1.10. The van der Waals surface area contributed by atoms with Gasteiger partial charge in [-0.25, -0.2) is 9.78 Å². The van der Waals surface area contributed by atoms with Crippen molar-refractivity contribution in [3.8, 4) is 0 Å². The molecule has 1 heterocycles. The van der Waals surface area contributed by atoms with Crippen LogP contribution in [-0.4, -0.2) is 29.3 Å². The largest absolute Gasteiger partial charge is 0.476 e. The van der Waals surface area contributed by atoms with Crippen molar-refractivity contribution in [2.45, 2.75) is 6.54 Å². The summed E-state index contributed by atoms with van der Waals surface area (Å²) in [5.74, 6) is -0.969. The molecule has 7 heteroatoms. The van der Waals surface area contributed by atoms with E-state index in [4.69, 9.17) is 14.7 Å². The number of aromatic carboxylic acids is 1. The van der Waals surface area contributed by atoms with Crippen molar-refractivity contribution in [1.29, 1.82) is 0 Å². The highest BCUT2D eigenvalue weighted by Gasteiger charge is 2.06. The number of carbonyl (C=O) groups is 1. The number of nitrogens with zero attached hydrogens (tertiary/aromatic N) is 1. The van der Waals surface area contributed by atoms with Crippen LogP contribution in [0.3, 0.4) is 0 Å². The number of carboxylic acid groups (broad SMARTS) is 1. The standard InChI is InChI=1S/C6H8N2O2S.CO2/c1-7-2-5-8-4(3-11-5)6(9)10;2-1-3/h3,7H,2H2,1H3,(H,9,10);. The van der Waals surface area contributed by atoms with Gasteiger partial charge in [0.2, 0.25) is 0 Å². The van der Waals surface area contributed by atoms with Gasteiger partial charge in [-0.2, -0.15) is 9.59 Å². The van der Waals surface area contributed by atoms with Crippen LogP contribution in [0.4, 0.5) is 0 Å². The lowest BCUT2D eigenvalue weighted by molar-refractivity contribution is -0.191. The van der Waals surface area contributed by atoms with Gasteiger partial charge in [-0.15, -0.1) is 11.3 Å². The molecule has 2 N–H and O–H groups in total. The Bertz CT molecular complexity index is 330. The molecule has 0 aliphatic carbocycles. The number of carbonyl (C=O) groups excluding carboxylic acids is 2. The van der Waals surface area contributed by atoms with E-state index in [1.54, 1.807) is 7.05 Å². The molecule has 0 aliphatic heterocycles. The molecule has 1 rings (SSSR count). The van der Waals surface area contributed by atoms with Crippen LogP contribution in [0.15, 0.2) is 5.38 Å². The van der Waals surface area contributed by atoms with Gasteiger partial charge in [0, 0.05) is 11.9 Å². The fourth-order valence-corrected chi connectivity index (χ4v) is 1.42. The van der Waals surface area contributed by atoms with Gasteiger partial charge in [0.05, 0.1) is 0 Å². The van der Waals surface area contributed by atoms with Crippen molar-refractivity contribution in [3.63, 3.8) is 0 Å². The predicted molar refractivity (Wildman–Crippen MR) is 46.8 cm³/mol. The highest BCUT2D eigenvalue weighted by atomic mass is 32.1. The Balaban J connectivity index is 0.000000500. The number of hydrogen-bond acceptors (Lipinski definition) is 6. The van der Waals surface area contributed by atoms with E-state index >= 15 is 0 Å². The molecular formula is C7H8N2O4S. The minimum absolute atomic E-state index is 0.125. The summed E-state index contributed by atoms with van der Waals surface area (Å²) in [6.45, 7) is 0.623. The topological polar surface area (TPSA) is 96.4 Å². The fraction of sp³-hybridized carbons (Fsp3) is 0.286. The van der Waals surface area contributed by atoms with E-state index in [0.29, 0.717) is 6.54 Å². The molecule has 0 saturated heterocycles. The van der Waals surface area contributed by atoms with Crippen LogP contribution in [0.5, 0.6) is 0 Å². The Hall–Kier alpha value is -1.56. The molecule has 0 amide bonds. The summed E-state index contributed by atoms with van der Waals surface area (Å²) in [4.78, 5) is 30.4. The smallest absolute Gasteiger partial charge is 0.373 e. The van der Waals surface area contributed by atoms with Crippen molar-refractivity contribution in [2.24, 2.45) is 0 Å². The van der Waals surface area contributed by atoms with Crippen molar-refractivity contribution < 1.29 is 19.5 Å². The molecule has 0 spiro atoms. The van der Waals surface area contributed by atoms with Gasteiger partial charge >= 0.3 is 12.1 Å². The zero-order valence-electron chi connectivity index (χ0n) is 7.31. The molecular weight excluding hydrogens is 208 g/mol. The zero-order chi connectivity index (χ0) is 11.0. The molecule has 14 heavy (non-hydrogen) atoms. The lowest BCUT2D eigenvalue weighted by atomic mass is 10.5. The second-order valence-corrected chi connectivity index (χ2v) is 2.99. The summed E-state index contributed by atoms with van der Waals surface area (Å²) >= 11 is 1.35. The van der Waals surface area contributed by atoms with Gasteiger partial charge < -0.3 is 10.4 Å². The third kappa shape index (κ3) is 4.46. The second kappa shape index (κ2) is 6.90. The van der Waals surface area contributed by atoms with E-state index in [1.165, 1.54) is 16.7 Å². The number of rotatable bonds is 3. The van der Waals surface area contributed by atoms with Gasteiger partial charge in [0.1, 0.15) is 5.01 Å². The van der Waals surface area contributed by atoms with Crippen LogP contribution in [0.2, 0.25) is 0 Å². The van der Waals surface area contributed by atoms with Gasteiger partial charge in [-0.05, 0) is 7.05 Å². The molecule has 1 aromatic heterocycles. The van der Waals surface area contributed by atoms with Crippen LogP contribution in [0.25, 0.3) is 0 Å². The van der Waals surface area contributed by atoms with E-state index < -0.39 is 5.97 Å². The van der Waals surface area contributed by atoms with Crippen molar-refractivity contribution in [1.82, 2.24) is 10.3 Å². The SMILES string of the molecule is CNCc1nc(C(=O)O)cs1.O=C=O. The first-order chi connectivity index (χ1) is 6.65. The number of thiazole rings is 1. The highest BCUT2D eigenvalue weighted by molar-refractivity contribution is 7.09. The molecule has 76 valence electrons. The van der Waals surface area contributed by atoms with Gasteiger partial charge in [0.15, 0.2) is 5.69 Å². The molecule has 0 bridgehead atoms. The van der Waals surface area contributed by atoms with Crippen LogP contribution in [0, 0.1) is 0 Å². The number of nitrogens with one attached hydrogen (secondary N) is 1. The summed E-state index contributed by atoms with van der Waals surface area (Å²) in [7, 11) is 1.79. The van der Waals surface area contributed by atoms with Crippen molar-refractivity contribution in [2.75, 3.05) is 7.05 Å². The Morgan fingerprint density at radius 3 is 2.64 bits per heavy atom. The average Bonchev–Trinajstić information content (AvgIpc) is 2.55. The van der Waals surface area contributed by atoms with E-state index in [2.05, 4.69) is 10.3 Å². The van der Waals surface area contributed by atoms with E-state index in [-0.39, 0.29) is 11.8 Å². The molecule has 0 fully saturated rings. The average molecular weight is 216 g/mol. The summed E-state index contributed by atoms with van der Waals surface area (Å²) in [5, 5.41) is 13.7. The zero-order valence-corrected chi connectivity index (χ0v) is 8.13. The number of aromatic nitrogens is 1. The molecule has 0 aliphatic rings. The first-order valence-corrected chi connectivity index (χ1v) is 4.35. The van der Waals surface area contributed by atoms with E-state index in [1.807, 2.05) is 0 Å². The van der Waals surface area contributed by atoms with Crippen LogP contribution < -0.4 is 5.32 Å². The van der Waals surface area contributed by atoms with Crippen molar-refractivity contribution in [3.05, 3.63) is 16.1 Å². The minimum Gasteiger partial charge on any atom is -0.476 e. The Morgan fingerprint density at radius 2 is 2.29 bits per heavy atom. The lowest BCUT2D eigenvalue weighted by Gasteiger charge is -1.89. The first kappa shape index (κ1) is 12.4. The molecule has 0 atom stereocenters.